The van der Waals surface area contributed by atoms with E-state index in [9.17, 15) is 5.11 Å². The Morgan fingerprint density at radius 3 is 2.78 bits per heavy atom. The second kappa shape index (κ2) is 7.34. The van der Waals surface area contributed by atoms with Gasteiger partial charge in [0, 0.05) is 12.8 Å². The van der Waals surface area contributed by atoms with Crippen molar-refractivity contribution in [2.45, 2.75) is 11.3 Å². The zero-order valence-corrected chi connectivity index (χ0v) is 13.4. The largest absolute Gasteiger partial charge is 0.491 e. The molecule has 1 unspecified atom stereocenters. The number of aliphatic hydroxyl groups is 1. The lowest BCUT2D eigenvalue weighted by Gasteiger charge is -2.11. The minimum atomic E-state index is -0.594. The van der Waals surface area contributed by atoms with Crippen molar-refractivity contribution in [3.05, 3.63) is 48.7 Å². The topological polar surface area (TPSA) is 73.3 Å². The highest BCUT2D eigenvalue weighted by Gasteiger charge is 2.15. The first kappa shape index (κ1) is 15.6. The molecule has 0 fully saturated rings. The lowest BCUT2D eigenvalue weighted by molar-refractivity contribution is 0.126. The van der Waals surface area contributed by atoms with Crippen LogP contribution in [-0.4, -0.2) is 38.3 Å². The van der Waals surface area contributed by atoms with Gasteiger partial charge in [0.15, 0.2) is 16.7 Å². The van der Waals surface area contributed by atoms with E-state index in [2.05, 4.69) is 10.2 Å². The molecular formula is C16H17N3O3S. The van der Waals surface area contributed by atoms with Crippen molar-refractivity contribution < 1.29 is 14.3 Å². The summed E-state index contributed by atoms with van der Waals surface area (Å²) in [6.07, 6.45) is 1.01. The van der Waals surface area contributed by atoms with Gasteiger partial charge in [-0.05, 0) is 24.3 Å². The van der Waals surface area contributed by atoms with E-state index in [4.69, 9.17) is 9.15 Å². The van der Waals surface area contributed by atoms with Crippen LogP contribution in [0, 0.1) is 0 Å². The molecule has 0 aliphatic carbocycles. The van der Waals surface area contributed by atoms with Gasteiger partial charge < -0.3 is 18.8 Å². The number of benzene rings is 1. The molecule has 0 bridgehead atoms. The van der Waals surface area contributed by atoms with Gasteiger partial charge in [0.25, 0.3) is 0 Å². The van der Waals surface area contributed by atoms with Gasteiger partial charge in [0.05, 0.1) is 12.4 Å². The number of ether oxygens (including phenoxy) is 1. The van der Waals surface area contributed by atoms with Crippen LogP contribution in [-0.2, 0) is 7.05 Å². The lowest BCUT2D eigenvalue weighted by Crippen LogP contribution is -2.20. The average Bonchev–Trinajstić information content (AvgIpc) is 3.22. The van der Waals surface area contributed by atoms with Crippen LogP contribution in [0.15, 0.2) is 58.3 Å². The number of thioether (sulfide) groups is 1. The first-order chi connectivity index (χ1) is 11.2. The van der Waals surface area contributed by atoms with Crippen molar-refractivity contribution in [3.8, 4) is 17.3 Å². The summed E-state index contributed by atoms with van der Waals surface area (Å²) in [6, 6.07) is 13.1. The van der Waals surface area contributed by atoms with Crippen LogP contribution in [0.4, 0.5) is 0 Å². The molecule has 0 saturated heterocycles. The second-order valence-corrected chi connectivity index (χ2v) is 5.92. The van der Waals surface area contributed by atoms with E-state index in [0.29, 0.717) is 17.3 Å². The van der Waals surface area contributed by atoms with Crippen molar-refractivity contribution in [1.82, 2.24) is 14.8 Å². The molecule has 0 radical (unpaired) electrons. The summed E-state index contributed by atoms with van der Waals surface area (Å²) in [4.78, 5) is 0. The maximum atomic E-state index is 10.0. The van der Waals surface area contributed by atoms with Gasteiger partial charge in [-0.3, -0.25) is 0 Å². The number of nitrogens with zero attached hydrogens (tertiary/aromatic N) is 3. The van der Waals surface area contributed by atoms with Gasteiger partial charge in [0.2, 0.25) is 0 Å². The van der Waals surface area contributed by atoms with Crippen molar-refractivity contribution in [3.63, 3.8) is 0 Å². The third kappa shape index (κ3) is 3.94. The van der Waals surface area contributed by atoms with Gasteiger partial charge in [0.1, 0.15) is 12.4 Å². The maximum absolute atomic E-state index is 10.0. The summed E-state index contributed by atoms with van der Waals surface area (Å²) in [5.41, 5.74) is 0. The smallest absolute Gasteiger partial charge is 0.200 e. The highest BCUT2D eigenvalue weighted by atomic mass is 32.2. The zero-order chi connectivity index (χ0) is 16.1. The second-order valence-electron chi connectivity index (χ2n) is 4.93. The minimum Gasteiger partial charge on any atom is -0.491 e. The number of aromatic nitrogens is 3. The molecule has 0 aliphatic heterocycles. The molecule has 2 heterocycles. The first-order valence-corrected chi connectivity index (χ1v) is 8.14. The molecule has 2 aromatic heterocycles. The molecule has 7 heteroatoms. The Morgan fingerprint density at radius 2 is 2.04 bits per heavy atom. The van der Waals surface area contributed by atoms with E-state index in [-0.39, 0.29) is 6.61 Å². The first-order valence-electron chi connectivity index (χ1n) is 7.16. The predicted octanol–water partition coefficient (Wildman–Crippen LogP) is 2.61. The molecule has 1 aromatic carbocycles. The van der Waals surface area contributed by atoms with Gasteiger partial charge in [-0.2, -0.15) is 0 Å². The highest BCUT2D eigenvalue weighted by Crippen LogP contribution is 2.23. The highest BCUT2D eigenvalue weighted by molar-refractivity contribution is 7.99. The summed E-state index contributed by atoms with van der Waals surface area (Å²) in [5, 5.41) is 19.0. The quantitative estimate of drug-likeness (QED) is 0.671. The lowest BCUT2D eigenvalue weighted by atomic mass is 10.3. The standard InChI is InChI=1S/C16H17N3O3S/c1-19-15(14-8-5-9-21-14)17-18-16(19)23-11-12(20)10-22-13-6-3-2-4-7-13/h2-9,12,20H,10-11H2,1H3. The van der Waals surface area contributed by atoms with Crippen molar-refractivity contribution >= 4 is 11.8 Å². The molecule has 0 saturated carbocycles. The van der Waals surface area contributed by atoms with Crippen LogP contribution >= 0.6 is 11.8 Å². The Hall–Kier alpha value is -2.25. The molecule has 23 heavy (non-hydrogen) atoms. The summed E-state index contributed by atoms with van der Waals surface area (Å²) in [7, 11) is 1.87. The van der Waals surface area contributed by atoms with E-state index >= 15 is 0 Å². The number of aliphatic hydroxyl groups excluding tert-OH is 1. The summed E-state index contributed by atoms with van der Waals surface area (Å²) in [6.45, 7) is 0.236. The molecule has 1 N–H and O–H groups in total. The Labute approximate surface area is 138 Å². The third-order valence-corrected chi connectivity index (χ3v) is 4.33. The third-order valence-electron chi connectivity index (χ3n) is 3.17. The van der Waals surface area contributed by atoms with Crippen LogP contribution in [0.25, 0.3) is 11.6 Å². The SMILES string of the molecule is Cn1c(SCC(O)COc2ccccc2)nnc1-c1ccco1. The summed E-state index contributed by atoms with van der Waals surface area (Å²) >= 11 is 1.43. The maximum Gasteiger partial charge on any atom is 0.200 e. The van der Waals surface area contributed by atoms with Crippen LogP contribution in [0.2, 0.25) is 0 Å². The normalized spacial score (nSPS) is 12.3. The number of furan rings is 1. The number of hydrogen-bond donors (Lipinski definition) is 1. The zero-order valence-electron chi connectivity index (χ0n) is 12.6. The van der Waals surface area contributed by atoms with Crippen molar-refractivity contribution in [2.75, 3.05) is 12.4 Å². The van der Waals surface area contributed by atoms with Gasteiger partial charge in [-0.1, -0.05) is 30.0 Å². The minimum absolute atomic E-state index is 0.236. The fourth-order valence-corrected chi connectivity index (χ4v) is 2.81. The molecule has 1 atom stereocenters. The molecular weight excluding hydrogens is 314 g/mol. The fraction of sp³-hybridized carbons (Fsp3) is 0.250. The molecule has 3 rings (SSSR count). The molecule has 120 valence electrons. The average molecular weight is 331 g/mol. The number of hydrogen-bond acceptors (Lipinski definition) is 6. The van der Waals surface area contributed by atoms with E-state index in [1.165, 1.54) is 11.8 Å². The predicted molar refractivity (Wildman–Crippen MR) is 87.4 cm³/mol. The van der Waals surface area contributed by atoms with Crippen LogP contribution in [0.1, 0.15) is 0 Å². The monoisotopic (exact) mass is 331 g/mol. The van der Waals surface area contributed by atoms with Crippen LogP contribution in [0.5, 0.6) is 5.75 Å². The van der Waals surface area contributed by atoms with Crippen molar-refractivity contribution in [1.29, 1.82) is 0 Å². The van der Waals surface area contributed by atoms with Gasteiger partial charge in [-0.25, -0.2) is 0 Å². The number of rotatable bonds is 7. The fourth-order valence-electron chi connectivity index (χ4n) is 1.99. The van der Waals surface area contributed by atoms with E-state index < -0.39 is 6.10 Å². The molecule has 3 aromatic rings. The van der Waals surface area contributed by atoms with E-state index in [1.807, 2.05) is 54.1 Å². The molecule has 0 amide bonds. The number of para-hydroxylation sites is 1. The molecule has 6 nitrogen and oxygen atoms in total. The Kier molecular flexibility index (Phi) is 4.99. The van der Waals surface area contributed by atoms with Crippen LogP contribution in [0.3, 0.4) is 0 Å². The van der Waals surface area contributed by atoms with Crippen molar-refractivity contribution in [2.24, 2.45) is 7.05 Å². The van der Waals surface area contributed by atoms with Crippen LogP contribution < -0.4 is 4.74 Å². The summed E-state index contributed by atoms with van der Waals surface area (Å²) in [5.74, 6) is 2.54. The Bertz CT molecular complexity index is 728. The Balaban J connectivity index is 1.52. The summed E-state index contributed by atoms with van der Waals surface area (Å²) < 4.78 is 12.7. The molecule has 0 aliphatic rings. The van der Waals surface area contributed by atoms with Gasteiger partial charge >= 0.3 is 0 Å². The van der Waals surface area contributed by atoms with Gasteiger partial charge in [-0.15, -0.1) is 10.2 Å². The molecule has 0 spiro atoms. The van der Waals surface area contributed by atoms with E-state index in [1.54, 1.807) is 6.26 Å². The Morgan fingerprint density at radius 1 is 1.22 bits per heavy atom. The van der Waals surface area contributed by atoms with E-state index in [0.717, 1.165) is 10.9 Å².